The zero-order valence-electron chi connectivity index (χ0n) is 6.18. The second-order valence-electron chi connectivity index (χ2n) is 2.26. The van der Waals surface area contributed by atoms with Gasteiger partial charge < -0.3 is 9.94 Å². The predicted molar refractivity (Wildman–Crippen MR) is 40.9 cm³/mol. The number of hydrogen-bond donors (Lipinski definition) is 0. The molecule has 0 fully saturated rings. The van der Waals surface area contributed by atoms with Gasteiger partial charge in [0.1, 0.15) is 0 Å². The first-order valence-electron chi connectivity index (χ1n) is 3.07. The molecule has 0 bridgehead atoms. The van der Waals surface area contributed by atoms with E-state index in [-0.39, 0.29) is 16.0 Å². The summed E-state index contributed by atoms with van der Waals surface area (Å²) in [6, 6.07) is 0.711. The molecule has 0 atom stereocenters. The molecule has 0 aromatic carbocycles. The molecule has 0 radical (unpaired) electrons. The maximum atomic E-state index is 10.6. The average Bonchev–Trinajstić information content (AvgIpc) is 1.96. The van der Waals surface area contributed by atoms with Crippen molar-refractivity contribution >= 4 is 5.69 Å². The molecule has 1 rings (SSSR count). The van der Waals surface area contributed by atoms with Gasteiger partial charge in [-0.15, -0.1) is 0 Å². The third-order valence-electron chi connectivity index (χ3n) is 1.39. The van der Waals surface area contributed by atoms with Crippen LogP contribution in [0.5, 0.6) is 0 Å². The highest BCUT2D eigenvalue weighted by Crippen LogP contribution is 2.12. The molecule has 1 aromatic rings. The van der Waals surface area contributed by atoms with Crippen LogP contribution in [0.15, 0.2) is 17.1 Å². The van der Waals surface area contributed by atoms with Crippen LogP contribution < -0.4 is 5.56 Å². The van der Waals surface area contributed by atoms with Gasteiger partial charge in [0.15, 0.2) is 0 Å². The average molecular weight is 169 g/mol. The van der Waals surface area contributed by atoms with Crippen LogP contribution in [0, 0.1) is 22.2 Å². The Kier molecular flexibility index (Phi) is 1.82. The fourth-order valence-corrected chi connectivity index (χ4v) is 0.797. The van der Waals surface area contributed by atoms with Crippen LogP contribution in [0.25, 0.3) is 0 Å². The van der Waals surface area contributed by atoms with Crippen molar-refractivity contribution in [3.8, 4) is 0 Å². The molecule has 0 aliphatic rings. The van der Waals surface area contributed by atoms with Gasteiger partial charge >= 0.3 is 0 Å². The molecular formula is C6H5N2O4-. The number of rotatable bonds is 1. The fraction of sp³-hybridized carbons (Fsp3) is 0.167. The van der Waals surface area contributed by atoms with Gasteiger partial charge in [0, 0.05) is 11.8 Å². The van der Waals surface area contributed by atoms with Crippen LogP contribution in [0.3, 0.4) is 0 Å². The highest BCUT2D eigenvalue weighted by Gasteiger charge is 2.10. The third-order valence-corrected chi connectivity index (χ3v) is 1.39. The standard InChI is InChI=1S/C6H5N2O4/c1-4-3-7(10)6(9)2-5(4)8(11)12/h2-3H,1H3/q-1. The lowest BCUT2D eigenvalue weighted by Crippen LogP contribution is -2.15. The highest BCUT2D eigenvalue weighted by molar-refractivity contribution is 5.36. The molecule has 6 heteroatoms. The maximum absolute atomic E-state index is 10.6. The van der Waals surface area contributed by atoms with Crippen molar-refractivity contribution in [1.82, 2.24) is 4.73 Å². The van der Waals surface area contributed by atoms with E-state index in [1.165, 1.54) is 6.92 Å². The number of nitrogens with zero attached hydrogens (tertiary/aromatic N) is 2. The Morgan fingerprint density at radius 2 is 2.17 bits per heavy atom. The Morgan fingerprint density at radius 1 is 1.58 bits per heavy atom. The minimum absolute atomic E-state index is 0.0579. The summed E-state index contributed by atoms with van der Waals surface area (Å²) < 4.78 is 0.0579. The molecule has 0 spiro atoms. The lowest BCUT2D eigenvalue weighted by Gasteiger charge is -2.08. The van der Waals surface area contributed by atoms with E-state index in [1.807, 2.05) is 0 Å². The Bertz CT molecular complexity index is 382. The molecule has 64 valence electrons. The van der Waals surface area contributed by atoms with E-state index >= 15 is 0 Å². The van der Waals surface area contributed by atoms with Crippen LogP contribution in [-0.4, -0.2) is 9.65 Å². The number of hydrogen-bond acceptors (Lipinski definition) is 4. The SMILES string of the molecule is Cc1cn([O-])c(=O)cc1[N+](=O)[O-]. The van der Waals surface area contributed by atoms with E-state index in [9.17, 15) is 20.1 Å². The lowest BCUT2D eigenvalue weighted by molar-refractivity contribution is -0.385. The highest BCUT2D eigenvalue weighted by atomic mass is 16.6. The summed E-state index contributed by atoms with van der Waals surface area (Å²) in [5.74, 6) is 0. The lowest BCUT2D eigenvalue weighted by atomic mass is 10.3. The summed E-state index contributed by atoms with van der Waals surface area (Å²) in [4.78, 5) is 20.2. The van der Waals surface area contributed by atoms with E-state index in [2.05, 4.69) is 0 Å². The Hall–Kier alpha value is -1.85. The summed E-state index contributed by atoms with van der Waals surface area (Å²) in [6.45, 7) is 1.39. The first-order chi connectivity index (χ1) is 5.52. The maximum Gasteiger partial charge on any atom is 0.279 e. The van der Waals surface area contributed by atoms with E-state index < -0.39 is 10.5 Å². The van der Waals surface area contributed by atoms with E-state index in [0.29, 0.717) is 6.07 Å². The smallest absolute Gasteiger partial charge is 0.279 e. The molecule has 0 N–H and O–H groups in total. The summed E-state index contributed by atoms with van der Waals surface area (Å²) in [6.07, 6.45) is 0.889. The molecular weight excluding hydrogens is 164 g/mol. The zero-order valence-corrected chi connectivity index (χ0v) is 6.18. The summed E-state index contributed by atoms with van der Waals surface area (Å²) in [7, 11) is 0. The Labute approximate surface area is 66.8 Å². The quantitative estimate of drug-likeness (QED) is 0.449. The molecule has 1 aromatic heterocycles. The summed E-state index contributed by atoms with van der Waals surface area (Å²) in [5.41, 5.74) is -1.07. The molecule has 0 unspecified atom stereocenters. The van der Waals surface area contributed by atoms with Crippen molar-refractivity contribution in [3.05, 3.63) is 43.5 Å². The first kappa shape index (κ1) is 8.25. The largest absolute Gasteiger partial charge is 0.803 e. The van der Waals surface area contributed by atoms with Gasteiger partial charge in [-0.1, -0.05) is 0 Å². The van der Waals surface area contributed by atoms with Gasteiger partial charge in [0.05, 0.1) is 11.0 Å². The fourth-order valence-electron chi connectivity index (χ4n) is 0.797. The predicted octanol–water partition coefficient (Wildman–Crippen LogP) is 0.411. The van der Waals surface area contributed by atoms with Crippen LogP contribution in [-0.2, 0) is 0 Å². The molecule has 1 heterocycles. The van der Waals surface area contributed by atoms with Crippen molar-refractivity contribution in [2.75, 3.05) is 0 Å². The van der Waals surface area contributed by atoms with Crippen molar-refractivity contribution in [2.24, 2.45) is 0 Å². The number of aryl methyl sites for hydroxylation is 1. The van der Waals surface area contributed by atoms with Gasteiger partial charge in [-0.2, -0.15) is 0 Å². The van der Waals surface area contributed by atoms with Gasteiger partial charge in [-0.05, 0) is 6.92 Å². The summed E-state index contributed by atoms with van der Waals surface area (Å²) >= 11 is 0. The first-order valence-corrected chi connectivity index (χ1v) is 3.07. The molecule has 0 saturated carbocycles. The van der Waals surface area contributed by atoms with Crippen molar-refractivity contribution in [2.45, 2.75) is 6.92 Å². The topological polar surface area (TPSA) is 88.2 Å². The zero-order chi connectivity index (χ0) is 9.30. The second-order valence-corrected chi connectivity index (χ2v) is 2.26. The number of pyridine rings is 1. The van der Waals surface area contributed by atoms with Crippen LogP contribution in [0.2, 0.25) is 0 Å². The molecule has 0 saturated heterocycles. The molecule has 0 aliphatic heterocycles. The Morgan fingerprint density at radius 3 is 2.67 bits per heavy atom. The van der Waals surface area contributed by atoms with E-state index in [1.54, 1.807) is 0 Å². The monoisotopic (exact) mass is 169 g/mol. The minimum Gasteiger partial charge on any atom is -0.803 e. The van der Waals surface area contributed by atoms with Gasteiger partial charge in [-0.3, -0.25) is 14.9 Å². The molecule has 6 nitrogen and oxygen atoms in total. The molecule has 0 amide bonds. The van der Waals surface area contributed by atoms with Crippen molar-refractivity contribution in [3.63, 3.8) is 0 Å². The Balaban J connectivity index is 3.43. The normalized spacial score (nSPS) is 9.75. The van der Waals surface area contributed by atoms with Crippen LogP contribution >= 0.6 is 0 Å². The van der Waals surface area contributed by atoms with Gasteiger partial charge in [0.25, 0.3) is 11.2 Å². The minimum atomic E-state index is -0.924. The van der Waals surface area contributed by atoms with Gasteiger partial charge in [-0.25, -0.2) is 0 Å². The van der Waals surface area contributed by atoms with Crippen molar-refractivity contribution in [1.29, 1.82) is 0 Å². The number of nitro groups is 1. The van der Waals surface area contributed by atoms with Crippen LogP contribution in [0.1, 0.15) is 5.56 Å². The molecule has 12 heavy (non-hydrogen) atoms. The van der Waals surface area contributed by atoms with Crippen molar-refractivity contribution < 1.29 is 4.92 Å². The van der Waals surface area contributed by atoms with E-state index in [4.69, 9.17) is 0 Å². The second kappa shape index (κ2) is 2.65. The molecule has 0 aliphatic carbocycles. The third kappa shape index (κ3) is 1.26. The van der Waals surface area contributed by atoms with Gasteiger partial charge in [0.2, 0.25) is 0 Å². The summed E-state index contributed by atoms with van der Waals surface area (Å²) in [5, 5.41) is 20.8. The number of aromatic nitrogens is 1. The van der Waals surface area contributed by atoms with E-state index in [0.717, 1.165) is 6.20 Å². The van der Waals surface area contributed by atoms with Crippen LogP contribution in [0.4, 0.5) is 5.69 Å².